The zero-order valence-electron chi connectivity index (χ0n) is 11.6. The molecule has 0 aliphatic heterocycles. The van der Waals surface area contributed by atoms with Crippen molar-refractivity contribution in [2.24, 2.45) is 5.14 Å². The third-order valence-electron chi connectivity index (χ3n) is 2.97. The van der Waals surface area contributed by atoms with Gasteiger partial charge in [-0.3, -0.25) is 4.79 Å². The van der Waals surface area contributed by atoms with Gasteiger partial charge in [-0.2, -0.15) is 0 Å². The van der Waals surface area contributed by atoms with Gasteiger partial charge >= 0.3 is 0 Å². The Kier molecular flexibility index (Phi) is 4.10. The number of carbonyl (C=O) groups excluding carboxylic acids is 1. The van der Waals surface area contributed by atoms with Crippen molar-refractivity contribution in [1.82, 2.24) is 10.5 Å². The van der Waals surface area contributed by atoms with E-state index in [-0.39, 0.29) is 17.3 Å². The number of nitrogens with zero attached hydrogens (tertiary/aromatic N) is 1. The van der Waals surface area contributed by atoms with Crippen LogP contribution in [0.15, 0.2) is 33.7 Å². The van der Waals surface area contributed by atoms with Crippen LogP contribution in [0, 0.1) is 13.8 Å². The molecular formula is C13H15N3O4S. The second-order valence-electron chi connectivity index (χ2n) is 4.57. The van der Waals surface area contributed by atoms with Gasteiger partial charge in [-0.05, 0) is 31.5 Å². The zero-order chi connectivity index (χ0) is 15.6. The molecule has 0 spiro atoms. The van der Waals surface area contributed by atoms with Crippen molar-refractivity contribution in [2.75, 3.05) is 0 Å². The van der Waals surface area contributed by atoms with Crippen molar-refractivity contribution in [3.63, 3.8) is 0 Å². The van der Waals surface area contributed by atoms with E-state index in [1.807, 2.05) is 0 Å². The topological polar surface area (TPSA) is 115 Å². The summed E-state index contributed by atoms with van der Waals surface area (Å²) in [5.74, 6) is 0.163. The molecule has 2 rings (SSSR count). The molecule has 0 unspecified atom stereocenters. The first kappa shape index (κ1) is 15.2. The Hall–Kier alpha value is -2.19. The maximum absolute atomic E-state index is 12.0. The van der Waals surface area contributed by atoms with Gasteiger partial charge in [0.1, 0.15) is 11.3 Å². The lowest BCUT2D eigenvalue weighted by atomic mass is 10.2. The minimum Gasteiger partial charge on any atom is -0.361 e. The van der Waals surface area contributed by atoms with Crippen molar-refractivity contribution >= 4 is 15.9 Å². The quantitative estimate of drug-likeness (QED) is 0.869. The fourth-order valence-corrected chi connectivity index (χ4v) is 2.39. The van der Waals surface area contributed by atoms with Crippen LogP contribution in [0.5, 0.6) is 0 Å². The molecule has 1 aromatic carbocycles. The maximum Gasteiger partial charge on any atom is 0.257 e. The molecule has 0 aliphatic rings. The molecule has 1 heterocycles. The summed E-state index contributed by atoms with van der Waals surface area (Å²) in [6, 6.07) is 5.97. The highest BCUT2D eigenvalue weighted by Crippen LogP contribution is 2.13. The highest BCUT2D eigenvalue weighted by Gasteiger charge is 2.17. The van der Waals surface area contributed by atoms with E-state index in [1.165, 1.54) is 12.1 Å². The molecule has 0 fully saturated rings. The number of rotatable bonds is 4. The Bertz CT molecular complexity index is 744. The first-order valence-electron chi connectivity index (χ1n) is 6.12. The number of primary sulfonamides is 1. The molecule has 0 radical (unpaired) electrons. The molecule has 112 valence electrons. The summed E-state index contributed by atoms with van der Waals surface area (Å²) in [5, 5.41) is 11.4. The van der Waals surface area contributed by atoms with E-state index < -0.39 is 10.0 Å². The molecule has 1 amide bonds. The van der Waals surface area contributed by atoms with Gasteiger partial charge in [0.15, 0.2) is 0 Å². The minimum atomic E-state index is -3.71. The smallest absolute Gasteiger partial charge is 0.257 e. The van der Waals surface area contributed by atoms with E-state index >= 15 is 0 Å². The van der Waals surface area contributed by atoms with Crippen molar-refractivity contribution in [3.05, 3.63) is 46.8 Å². The Labute approximate surface area is 122 Å². The molecular weight excluding hydrogens is 294 g/mol. The van der Waals surface area contributed by atoms with Crippen LogP contribution >= 0.6 is 0 Å². The lowest BCUT2D eigenvalue weighted by molar-refractivity contribution is 0.0949. The summed E-state index contributed by atoms with van der Waals surface area (Å²) in [4.78, 5) is 12.1. The SMILES string of the molecule is Cc1noc(C)c1C(=O)NCc1ccc(S(N)(=O)=O)cc1. The summed E-state index contributed by atoms with van der Waals surface area (Å²) < 4.78 is 27.2. The fraction of sp³-hybridized carbons (Fsp3) is 0.231. The molecule has 3 N–H and O–H groups in total. The van der Waals surface area contributed by atoms with Gasteiger partial charge in [0.2, 0.25) is 10.0 Å². The summed E-state index contributed by atoms with van der Waals surface area (Å²) in [6.07, 6.45) is 0. The van der Waals surface area contributed by atoms with Crippen LogP contribution in [0.2, 0.25) is 0 Å². The van der Waals surface area contributed by atoms with Gasteiger partial charge in [-0.15, -0.1) is 0 Å². The number of hydrogen-bond acceptors (Lipinski definition) is 5. The highest BCUT2D eigenvalue weighted by molar-refractivity contribution is 7.89. The van der Waals surface area contributed by atoms with E-state index in [9.17, 15) is 13.2 Å². The first-order chi connectivity index (χ1) is 9.79. The van der Waals surface area contributed by atoms with Crippen LogP contribution in [0.1, 0.15) is 27.4 Å². The lowest BCUT2D eigenvalue weighted by Crippen LogP contribution is -2.23. The van der Waals surface area contributed by atoms with Crippen LogP contribution in [0.4, 0.5) is 0 Å². The number of sulfonamides is 1. The van der Waals surface area contributed by atoms with E-state index in [4.69, 9.17) is 9.66 Å². The Balaban J connectivity index is 2.05. The fourth-order valence-electron chi connectivity index (χ4n) is 1.87. The van der Waals surface area contributed by atoms with Crippen LogP contribution in [0.3, 0.4) is 0 Å². The Morgan fingerprint density at radius 1 is 1.29 bits per heavy atom. The number of aromatic nitrogens is 1. The van der Waals surface area contributed by atoms with Gasteiger partial charge < -0.3 is 9.84 Å². The second-order valence-corrected chi connectivity index (χ2v) is 6.13. The van der Waals surface area contributed by atoms with Crippen molar-refractivity contribution in [2.45, 2.75) is 25.3 Å². The number of aryl methyl sites for hydroxylation is 2. The molecule has 0 saturated carbocycles. The van der Waals surface area contributed by atoms with Crippen molar-refractivity contribution in [1.29, 1.82) is 0 Å². The maximum atomic E-state index is 12.0. The number of amides is 1. The van der Waals surface area contributed by atoms with Gasteiger partial charge in [0, 0.05) is 6.54 Å². The minimum absolute atomic E-state index is 0.0308. The predicted molar refractivity (Wildman–Crippen MR) is 75.0 cm³/mol. The van der Waals surface area contributed by atoms with Crippen LogP contribution in [-0.4, -0.2) is 19.5 Å². The number of nitrogens with two attached hydrogens (primary N) is 1. The second kappa shape index (κ2) is 5.66. The van der Waals surface area contributed by atoms with E-state index in [1.54, 1.807) is 26.0 Å². The van der Waals surface area contributed by atoms with Gasteiger partial charge in [-0.1, -0.05) is 17.3 Å². The standard InChI is InChI=1S/C13H15N3O4S/c1-8-12(9(2)20-16-8)13(17)15-7-10-3-5-11(6-4-10)21(14,18)19/h3-6H,7H2,1-2H3,(H,15,17)(H2,14,18,19). The lowest BCUT2D eigenvalue weighted by Gasteiger charge is -2.05. The summed E-state index contributed by atoms with van der Waals surface area (Å²) in [6.45, 7) is 3.61. The summed E-state index contributed by atoms with van der Waals surface area (Å²) in [5.41, 5.74) is 1.69. The van der Waals surface area contributed by atoms with Crippen molar-refractivity contribution in [3.8, 4) is 0 Å². The molecule has 0 bridgehead atoms. The van der Waals surface area contributed by atoms with Gasteiger partial charge in [0.05, 0.1) is 10.6 Å². The van der Waals surface area contributed by atoms with Crippen LogP contribution in [0.25, 0.3) is 0 Å². The number of nitrogens with one attached hydrogen (secondary N) is 1. The van der Waals surface area contributed by atoms with E-state index in [0.29, 0.717) is 17.0 Å². The Morgan fingerprint density at radius 3 is 2.38 bits per heavy atom. The zero-order valence-corrected chi connectivity index (χ0v) is 12.4. The molecule has 0 aliphatic carbocycles. The third kappa shape index (κ3) is 3.47. The van der Waals surface area contributed by atoms with Gasteiger partial charge in [-0.25, -0.2) is 13.6 Å². The van der Waals surface area contributed by atoms with Crippen molar-refractivity contribution < 1.29 is 17.7 Å². The van der Waals surface area contributed by atoms with E-state index in [2.05, 4.69) is 10.5 Å². The molecule has 0 saturated heterocycles. The van der Waals surface area contributed by atoms with Crippen LogP contribution in [-0.2, 0) is 16.6 Å². The molecule has 1 aromatic heterocycles. The normalized spacial score (nSPS) is 11.4. The van der Waals surface area contributed by atoms with Crippen LogP contribution < -0.4 is 10.5 Å². The number of benzene rings is 1. The van der Waals surface area contributed by atoms with E-state index in [0.717, 1.165) is 5.56 Å². The Morgan fingerprint density at radius 2 is 1.90 bits per heavy atom. The number of hydrogen-bond donors (Lipinski definition) is 2. The molecule has 7 nitrogen and oxygen atoms in total. The first-order valence-corrected chi connectivity index (χ1v) is 7.66. The average molecular weight is 309 g/mol. The molecule has 21 heavy (non-hydrogen) atoms. The molecule has 0 atom stereocenters. The average Bonchev–Trinajstić information content (AvgIpc) is 2.75. The van der Waals surface area contributed by atoms with Gasteiger partial charge in [0.25, 0.3) is 5.91 Å². The monoisotopic (exact) mass is 309 g/mol. The summed E-state index contributed by atoms with van der Waals surface area (Å²) >= 11 is 0. The summed E-state index contributed by atoms with van der Waals surface area (Å²) in [7, 11) is -3.71. The molecule has 2 aromatic rings. The molecule has 8 heteroatoms. The number of carbonyl (C=O) groups is 1. The largest absolute Gasteiger partial charge is 0.361 e. The predicted octanol–water partition coefficient (Wildman–Crippen LogP) is 0.869. The third-order valence-corrected chi connectivity index (χ3v) is 3.89. The highest BCUT2D eigenvalue weighted by atomic mass is 32.2.